The van der Waals surface area contributed by atoms with Gasteiger partial charge in [-0.2, -0.15) is 0 Å². The number of ether oxygens (including phenoxy) is 2. The second-order valence-corrected chi connectivity index (χ2v) is 12.3. The Morgan fingerprint density at radius 2 is 1.12 bits per heavy atom. The minimum atomic E-state index is -1.10. The van der Waals surface area contributed by atoms with Crippen molar-refractivity contribution in [1.82, 2.24) is 9.97 Å². The number of amides is 1. The van der Waals surface area contributed by atoms with Gasteiger partial charge < -0.3 is 20.3 Å². The van der Waals surface area contributed by atoms with Crippen LogP contribution in [0.3, 0.4) is 0 Å². The van der Waals surface area contributed by atoms with Crippen LogP contribution in [-0.4, -0.2) is 41.2 Å². The van der Waals surface area contributed by atoms with Crippen LogP contribution in [0.2, 0.25) is 10.0 Å². The SMILES string of the molecule is COc1ccc(Cc2ccc(C(=O)O)nc2)c(F)c1-c1cccc(Cl)c1.COc1ccc(Cc2ccc(C(N)=O)nc2)c(F)c1-c1cccc(Cl)c1. The number of hydrogen-bond donors (Lipinski definition) is 2. The van der Waals surface area contributed by atoms with Crippen molar-refractivity contribution in [2.45, 2.75) is 12.8 Å². The van der Waals surface area contributed by atoms with Crippen molar-refractivity contribution in [2.75, 3.05) is 14.2 Å². The lowest BCUT2D eigenvalue weighted by atomic mass is 9.97. The zero-order valence-corrected chi connectivity index (χ0v) is 29.4. The molecule has 0 fully saturated rings. The average Bonchev–Trinajstić information content (AvgIpc) is 3.13. The van der Waals surface area contributed by atoms with Gasteiger partial charge in [0.25, 0.3) is 5.91 Å². The summed E-state index contributed by atoms with van der Waals surface area (Å²) < 4.78 is 41.0. The maximum Gasteiger partial charge on any atom is 0.354 e. The van der Waals surface area contributed by atoms with Gasteiger partial charge in [-0.05, 0) is 81.9 Å². The molecular weight excluding hydrogens is 711 g/mol. The zero-order chi connectivity index (χ0) is 37.4. The van der Waals surface area contributed by atoms with Gasteiger partial charge in [-0.25, -0.2) is 18.6 Å². The summed E-state index contributed by atoms with van der Waals surface area (Å²) in [6, 6.07) is 26.9. The predicted octanol–water partition coefficient (Wildman–Crippen LogP) is 9.08. The molecule has 0 unspecified atom stereocenters. The molecule has 0 spiro atoms. The van der Waals surface area contributed by atoms with Gasteiger partial charge in [0.05, 0.1) is 25.3 Å². The first kappa shape index (κ1) is 37.4. The second-order valence-electron chi connectivity index (χ2n) is 11.4. The molecule has 0 saturated heterocycles. The number of nitrogens with zero attached hydrogens (tertiary/aromatic N) is 2. The summed E-state index contributed by atoms with van der Waals surface area (Å²) in [7, 11) is 2.98. The molecule has 0 aliphatic rings. The van der Waals surface area contributed by atoms with E-state index >= 15 is 8.78 Å². The third kappa shape index (κ3) is 8.90. The largest absolute Gasteiger partial charge is 0.496 e. The van der Waals surface area contributed by atoms with Crippen molar-refractivity contribution in [3.63, 3.8) is 0 Å². The number of carbonyl (C=O) groups excluding carboxylic acids is 1. The van der Waals surface area contributed by atoms with Gasteiger partial charge in [0.15, 0.2) is 0 Å². The maximum absolute atomic E-state index is 15.2. The van der Waals surface area contributed by atoms with E-state index in [1.54, 1.807) is 84.9 Å². The molecule has 8 nitrogen and oxygen atoms in total. The van der Waals surface area contributed by atoms with Gasteiger partial charge in [-0.3, -0.25) is 9.78 Å². The number of halogens is 4. The minimum Gasteiger partial charge on any atom is -0.496 e. The van der Waals surface area contributed by atoms with Crippen LogP contribution in [0.4, 0.5) is 8.78 Å². The molecule has 4 aromatic carbocycles. The molecule has 6 aromatic rings. The van der Waals surface area contributed by atoms with Crippen LogP contribution >= 0.6 is 23.2 Å². The molecular formula is C40H31Cl2F2N3O5. The van der Waals surface area contributed by atoms with Gasteiger partial charge >= 0.3 is 5.97 Å². The molecule has 52 heavy (non-hydrogen) atoms. The highest BCUT2D eigenvalue weighted by Gasteiger charge is 2.19. The van der Waals surface area contributed by atoms with Crippen molar-refractivity contribution in [2.24, 2.45) is 5.73 Å². The number of pyridine rings is 2. The Kier molecular flexibility index (Phi) is 12.2. The van der Waals surface area contributed by atoms with E-state index < -0.39 is 17.7 Å². The third-order valence-electron chi connectivity index (χ3n) is 7.94. The normalized spacial score (nSPS) is 10.6. The van der Waals surface area contributed by atoms with Gasteiger partial charge in [0.2, 0.25) is 0 Å². The van der Waals surface area contributed by atoms with Crippen LogP contribution in [0.15, 0.2) is 109 Å². The molecule has 3 N–H and O–H groups in total. The summed E-state index contributed by atoms with van der Waals surface area (Å²) in [6.45, 7) is 0. The number of carbonyl (C=O) groups is 2. The number of benzene rings is 4. The lowest BCUT2D eigenvalue weighted by Gasteiger charge is -2.14. The van der Waals surface area contributed by atoms with Crippen molar-refractivity contribution >= 4 is 35.1 Å². The number of carboxylic acid groups (broad SMARTS) is 1. The minimum absolute atomic E-state index is 0.0523. The Hall–Kier alpha value is -5.84. The quantitative estimate of drug-likeness (QED) is 0.144. The number of carboxylic acids is 1. The van der Waals surface area contributed by atoms with Crippen LogP contribution in [0, 0.1) is 11.6 Å². The zero-order valence-electron chi connectivity index (χ0n) is 27.9. The first-order valence-electron chi connectivity index (χ1n) is 15.6. The van der Waals surface area contributed by atoms with E-state index in [4.69, 9.17) is 43.5 Å². The van der Waals surface area contributed by atoms with Crippen molar-refractivity contribution in [3.8, 4) is 33.8 Å². The topological polar surface area (TPSA) is 125 Å². The molecule has 0 aliphatic heterocycles. The first-order valence-corrected chi connectivity index (χ1v) is 16.4. The average molecular weight is 743 g/mol. The van der Waals surface area contributed by atoms with Crippen molar-refractivity contribution < 1.29 is 33.0 Å². The number of nitrogens with two attached hydrogens (primary N) is 1. The fourth-order valence-corrected chi connectivity index (χ4v) is 5.79. The van der Waals surface area contributed by atoms with Crippen LogP contribution < -0.4 is 15.2 Å². The number of rotatable bonds is 10. The Labute approximate surface area is 308 Å². The first-order chi connectivity index (χ1) is 25.0. The van der Waals surface area contributed by atoms with Gasteiger partial charge in [0, 0.05) is 35.3 Å². The van der Waals surface area contributed by atoms with Gasteiger partial charge in [-0.1, -0.05) is 71.7 Å². The van der Waals surface area contributed by atoms with Crippen LogP contribution in [-0.2, 0) is 12.8 Å². The lowest BCUT2D eigenvalue weighted by molar-refractivity contribution is 0.0690. The third-order valence-corrected chi connectivity index (χ3v) is 8.41. The fraction of sp³-hybridized carbons (Fsp3) is 0.100. The molecule has 2 heterocycles. The molecule has 0 bridgehead atoms. The summed E-state index contributed by atoms with van der Waals surface area (Å²) in [5, 5.41) is 9.92. The highest BCUT2D eigenvalue weighted by molar-refractivity contribution is 6.31. The standard InChI is InChI=1S/C20H16ClFN2O2.C20H15ClFNO3/c1-26-17-8-6-14(9-12-5-7-16(20(23)25)24-11-12)19(22)18(17)13-3-2-4-15(21)10-13;1-26-17-8-6-14(9-12-5-7-16(20(24)25)23-11-12)19(22)18(17)13-3-2-4-15(21)10-13/h2-8,10-11H,9H2,1H3,(H2,23,25);2-8,10-11H,9H2,1H3,(H,24,25). The molecule has 2 aromatic heterocycles. The maximum atomic E-state index is 15.2. The van der Waals surface area contributed by atoms with Crippen molar-refractivity contribution in [1.29, 1.82) is 0 Å². The number of hydrogen-bond acceptors (Lipinski definition) is 6. The molecule has 12 heteroatoms. The second kappa shape index (κ2) is 16.9. The molecule has 0 atom stereocenters. The summed E-state index contributed by atoms with van der Waals surface area (Å²) in [5.41, 5.74) is 9.64. The van der Waals surface area contributed by atoms with E-state index in [1.165, 1.54) is 38.7 Å². The van der Waals surface area contributed by atoms with Crippen LogP contribution in [0.1, 0.15) is 43.2 Å². The Bertz CT molecular complexity index is 2080. The van der Waals surface area contributed by atoms with Crippen LogP contribution in [0.5, 0.6) is 11.5 Å². The van der Waals surface area contributed by atoms with E-state index in [-0.39, 0.29) is 23.6 Å². The van der Waals surface area contributed by atoms with Gasteiger partial charge in [-0.15, -0.1) is 0 Å². The number of primary amides is 1. The molecule has 0 aliphatic carbocycles. The smallest absolute Gasteiger partial charge is 0.354 e. The van der Waals surface area contributed by atoms with Crippen LogP contribution in [0.25, 0.3) is 22.3 Å². The summed E-state index contributed by atoms with van der Waals surface area (Å²) in [6.07, 6.45) is 3.54. The summed E-state index contributed by atoms with van der Waals surface area (Å²) in [5.74, 6) is -1.66. The fourth-order valence-electron chi connectivity index (χ4n) is 5.41. The number of aromatic nitrogens is 2. The van der Waals surface area contributed by atoms with Crippen molar-refractivity contribution in [3.05, 3.63) is 165 Å². The molecule has 0 saturated carbocycles. The molecule has 0 radical (unpaired) electrons. The Morgan fingerprint density at radius 1 is 0.673 bits per heavy atom. The highest BCUT2D eigenvalue weighted by atomic mass is 35.5. The highest BCUT2D eigenvalue weighted by Crippen LogP contribution is 2.37. The van der Waals surface area contributed by atoms with E-state index in [1.807, 2.05) is 0 Å². The summed E-state index contributed by atoms with van der Waals surface area (Å²) >= 11 is 12.1. The lowest BCUT2D eigenvalue weighted by Crippen LogP contribution is -2.12. The van der Waals surface area contributed by atoms with E-state index in [9.17, 15) is 9.59 Å². The molecule has 264 valence electrons. The Balaban J connectivity index is 0.000000201. The molecule has 6 rings (SSSR count). The van der Waals surface area contributed by atoms with E-state index in [2.05, 4.69) is 9.97 Å². The van der Waals surface area contributed by atoms with E-state index in [0.717, 1.165) is 5.56 Å². The predicted molar refractivity (Wildman–Crippen MR) is 196 cm³/mol. The molecule has 1 amide bonds. The van der Waals surface area contributed by atoms with E-state index in [0.29, 0.717) is 66.9 Å². The Morgan fingerprint density at radius 3 is 1.46 bits per heavy atom. The summed E-state index contributed by atoms with van der Waals surface area (Å²) in [4.78, 5) is 29.8. The number of aromatic carboxylic acids is 1. The van der Waals surface area contributed by atoms with Gasteiger partial charge in [0.1, 0.15) is 34.5 Å². The monoisotopic (exact) mass is 741 g/mol. The number of methoxy groups -OCH3 is 2.